The van der Waals surface area contributed by atoms with E-state index in [0.29, 0.717) is 23.6 Å². The number of hydrogen-bond donors (Lipinski definition) is 1. The summed E-state index contributed by atoms with van der Waals surface area (Å²) in [5.41, 5.74) is 0.765. The van der Waals surface area contributed by atoms with Gasteiger partial charge in [-0.25, -0.2) is 4.39 Å². The topological polar surface area (TPSA) is 67.9 Å². The van der Waals surface area contributed by atoms with E-state index in [1.165, 1.54) is 30.1 Å². The number of halogens is 1. The molecule has 1 saturated heterocycles. The fraction of sp³-hybridized carbons (Fsp3) is 0.333. The first-order chi connectivity index (χ1) is 13.5. The Labute approximate surface area is 163 Å². The van der Waals surface area contributed by atoms with Crippen LogP contribution in [0.4, 0.5) is 10.1 Å². The molecule has 0 aliphatic carbocycles. The maximum Gasteiger partial charge on any atom is 0.254 e. The number of carbonyl (C=O) groups is 2. The number of carbonyl (C=O) groups excluding carboxylic acids is 2. The zero-order chi connectivity index (χ0) is 19.9. The Morgan fingerprint density at radius 2 is 2.07 bits per heavy atom. The van der Waals surface area contributed by atoms with Crippen molar-refractivity contribution >= 4 is 17.5 Å². The van der Waals surface area contributed by atoms with Crippen LogP contribution in [-0.4, -0.2) is 49.6 Å². The molecular weight excluding hydrogens is 363 g/mol. The molecule has 1 fully saturated rings. The van der Waals surface area contributed by atoms with Crippen molar-refractivity contribution in [3.63, 3.8) is 0 Å². The third-order valence-corrected chi connectivity index (χ3v) is 4.38. The van der Waals surface area contributed by atoms with Gasteiger partial charge >= 0.3 is 0 Å². The van der Waals surface area contributed by atoms with Gasteiger partial charge in [0, 0.05) is 24.9 Å². The molecule has 3 rings (SSSR count). The normalized spacial score (nSPS) is 15.9. The highest BCUT2D eigenvalue weighted by Crippen LogP contribution is 2.18. The molecule has 1 aliphatic heterocycles. The molecule has 1 atom stereocenters. The maximum atomic E-state index is 13.2. The highest BCUT2D eigenvalue weighted by molar-refractivity contribution is 5.99. The Hall–Kier alpha value is -2.93. The smallest absolute Gasteiger partial charge is 0.254 e. The molecule has 0 saturated carbocycles. The van der Waals surface area contributed by atoms with Crippen molar-refractivity contribution in [2.45, 2.75) is 18.9 Å². The molecule has 2 aromatic rings. The average Bonchev–Trinajstić information content (AvgIpc) is 3.19. The number of rotatable bonds is 7. The van der Waals surface area contributed by atoms with E-state index in [1.54, 1.807) is 30.3 Å². The Bertz CT molecular complexity index is 837. The van der Waals surface area contributed by atoms with E-state index < -0.39 is 11.7 Å². The Balaban J connectivity index is 1.54. The maximum absolute atomic E-state index is 13.2. The van der Waals surface area contributed by atoms with Crippen molar-refractivity contribution in [1.82, 2.24) is 4.90 Å². The molecule has 2 aromatic carbocycles. The lowest BCUT2D eigenvalue weighted by molar-refractivity contribution is -0.116. The van der Waals surface area contributed by atoms with Crippen LogP contribution in [0, 0.1) is 5.82 Å². The van der Waals surface area contributed by atoms with Gasteiger partial charge in [-0.1, -0.05) is 12.1 Å². The van der Waals surface area contributed by atoms with E-state index in [2.05, 4.69) is 5.32 Å². The SMILES string of the molecule is CN(CC(=O)Nc1cccc(F)c1)C(=O)c1cccc(OC[C@@H]2CCCO2)c1. The highest BCUT2D eigenvalue weighted by atomic mass is 19.1. The molecule has 0 unspecified atom stereocenters. The third kappa shape index (κ3) is 5.53. The summed E-state index contributed by atoms with van der Waals surface area (Å²) in [6, 6.07) is 12.4. The van der Waals surface area contributed by atoms with Crippen molar-refractivity contribution in [1.29, 1.82) is 0 Å². The summed E-state index contributed by atoms with van der Waals surface area (Å²) in [6.45, 7) is 1.05. The van der Waals surface area contributed by atoms with Gasteiger partial charge in [0.05, 0.1) is 12.6 Å². The summed E-state index contributed by atoms with van der Waals surface area (Å²) in [5.74, 6) is -0.579. The molecule has 1 N–H and O–H groups in total. The highest BCUT2D eigenvalue weighted by Gasteiger charge is 2.18. The largest absolute Gasteiger partial charge is 0.491 e. The number of nitrogens with one attached hydrogen (secondary N) is 1. The number of hydrogen-bond acceptors (Lipinski definition) is 4. The molecule has 7 heteroatoms. The van der Waals surface area contributed by atoms with E-state index in [1.807, 2.05) is 0 Å². The van der Waals surface area contributed by atoms with Gasteiger partial charge in [-0.3, -0.25) is 9.59 Å². The third-order valence-electron chi connectivity index (χ3n) is 4.38. The first-order valence-corrected chi connectivity index (χ1v) is 9.16. The lowest BCUT2D eigenvalue weighted by Crippen LogP contribution is -2.34. The Kier molecular flexibility index (Phi) is 6.60. The minimum atomic E-state index is -0.443. The molecule has 2 amide bonds. The van der Waals surface area contributed by atoms with Gasteiger partial charge in [0.1, 0.15) is 18.2 Å². The monoisotopic (exact) mass is 386 g/mol. The minimum absolute atomic E-state index is 0.0913. The minimum Gasteiger partial charge on any atom is -0.491 e. The summed E-state index contributed by atoms with van der Waals surface area (Å²) in [4.78, 5) is 26.0. The van der Waals surface area contributed by atoms with E-state index in [-0.39, 0.29) is 18.6 Å². The van der Waals surface area contributed by atoms with Crippen molar-refractivity contribution in [2.75, 3.05) is 32.1 Å². The standard InChI is InChI=1S/C21H23FN2O4/c1-24(13-20(25)23-17-7-3-6-16(22)12-17)21(26)15-5-2-8-18(11-15)28-14-19-9-4-10-27-19/h2-3,5-8,11-12,19H,4,9-10,13-14H2,1H3,(H,23,25)/t19-/m0/s1. The van der Waals surface area contributed by atoms with E-state index in [9.17, 15) is 14.0 Å². The molecule has 1 aliphatic rings. The lowest BCUT2D eigenvalue weighted by atomic mass is 10.2. The van der Waals surface area contributed by atoms with Gasteiger partial charge in [0.25, 0.3) is 5.91 Å². The average molecular weight is 386 g/mol. The number of anilines is 1. The first-order valence-electron chi connectivity index (χ1n) is 9.16. The lowest BCUT2D eigenvalue weighted by Gasteiger charge is -2.18. The predicted molar refractivity (Wildman–Crippen MR) is 103 cm³/mol. The van der Waals surface area contributed by atoms with Crippen LogP contribution >= 0.6 is 0 Å². The van der Waals surface area contributed by atoms with Gasteiger partial charge < -0.3 is 19.7 Å². The number of benzene rings is 2. The van der Waals surface area contributed by atoms with Crippen LogP contribution in [0.1, 0.15) is 23.2 Å². The van der Waals surface area contributed by atoms with Crippen LogP contribution in [0.5, 0.6) is 5.75 Å². The summed E-state index contributed by atoms with van der Waals surface area (Å²) < 4.78 is 24.4. The van der Waals surface area contributed by atoms with Crippen LogP contribution in [0.3, 0.4) is 0 Å². The van der Waals surface area contributed by atoms with E-state index >= 15 is 0 Å². The van der Waals surface area contributed by atoms with Crippen molar-refractivity contribution < 1.29 is 23.5 Å². The summed E-state index contributed by atoms with van der Waals surface area (Å²) in [7, 11) is 1.54. The van der Waals surface area contributed by atoms with Gasteiger partial charge in [-0.15, -0.1) is 0 Å². The fourth-order valence-corrected chi connectivity index (χ4v) is 2.96. The number of likely N-dealkylation sites (N-methyl/N-ethyl adjacent to an activating group) is 1. The molecule has 0 bridgehead atoms. The molecule has 1 heterocycles. The van der Waals surface area contributed by atoms with Gasteiger partial charge in [0.15, 0.2) is 0 Å². The van der Waals surface area contributed by atoms with Crippen LogP contribution < -0.4 is 10.1 Å². The van der Waals surface area contributed by atoms with Crippen LogP contribution in [0.2, 0.25) is 0 Å². The molecule has 0 aromatic heterocycles. The van der Waals surface area contributed by atoms with Gasteiger partial charge in [-0.2, -0.15) is 0 Å². The van der Waals surface area contributed by atoms with Gasteiger partial charge in [0.2, 0.25) is 5.91 Å². The number of nitrogens with zero attached hydrogens (tertiary/aromatic N) is 1. The van der Waals surface area contributed by atoms with Crippen LogP contribution in [0.15, 0.2) is 48.5 Å². The molecule has 0 radical (unpaired) electrons. The Morgan fingerprint density at radius 1 is 1.25 bits per heavy atom. The summed E-state index contributed by atoms with van der Waals surface area (Å²) in [5, 5.41) is 2.57. The number of amides is 2. The van der Waals surface area contributed by atoms with Crippen molar-refractivity contribution in [2.24, 2.45) is 0 Å². The second kappa shape index (κ2) is 9.32. The van der Waals surface area contributed by atoms with Gasteiger partial charge in [-0.05, 0) is 49.2 Å². The quantitative estimate of drug-likeness (QED) is 0.794. The Morgan fingerprint density at radius 3 is 2.82 bits per heavy atom. The molecule has 0 spiro atoms. The zero-order valence-corrected chi connectivity index (χ0v) is 15.7. The van der Waals surface area contributed by atoms with Crippen LogP contribution in [-0.2, 0) is 9.53 Å². The molecule has 6 nitrogen and oxygen atoms in total. The van der Waals surface area contributed by atoms with E-state index in [4.69, 9.17) is 9.47 Å². The van der Waals surface area contributed by atoms with Crippen LogP contribution in [0.25, 0.3) is 0 Å². The molecular formula is C21H23FN2O4. The predicted octanol–water partition coefficient (Wildman–Crippen LogP) is 3.09. The van der Waals surface area contributed by atoms with E-state index in [0.717, 1.165) is 19.4 Å². The van der Waals surface area contributed by atoms with Crippen molar-refractivity contribution in [3.05, 3.63) is 59.9 Å². The molecule has 28 heavy (non-hydrogen) atoms. The zero-order valence-electron chi connectivity index (χ0n) is 15.7. The molecule has 148 valence electrons. The summed E-state index contributed by atoms with van der Waals surface area (Å²) in [6.07, 6.45) is 2.10. The second-order valence-corrected chi connectivity index (χ2v) is 6.69. The first kappa shape index (κ1) is 19.8. The van der Waals surface area contributed by atoms with Crippen molar-refractivity contribution in [3.8, 4) is 5.75 Å². The fourth-order valence-electron chi connectivity index (χ4n) is 2.96. The summed E-state index contributed by atoms with van der Waals surface area (Å²) >= 11 is 0. The number of ether oxygens (including phenoxy) is 2. The second-order valence-electron chi connectivity index (χ2n) is 6.69.